The third-order valence-corrected chi connectivity index (χ3v) is 7.04. The van der Waals surface area contributed by atoms with Gasteiger partial charge in [-0.25, -0.2) is 4.79 Å². The first kappa shape index (κ1) is 26.1. The standard InChI is InChI=1S/C27H36O7/c1-4-5-8-17(2)23(28)12-11-21-22-14-19(13-20(22)15-24(21)29)9-6-7-10-26(30)32-16-25-18(3)33-27(31)34-25/h9,11-12,17,20-24,28-29H,6-8,10,13-16H2,1-3H3/b12-11+,19-9+/t17?,20-,21+,22-,23+,24+/m0/s1. The second-order valence-electron chi connectivity index (χ2n) is 9.55. The van der Waals surface area contributed by atoms with Gasteiger partial charge in [-0.3, -0.25) is 4.79 Å². The molecule has 3 rings (SSSR count). The van der Waals surface area contributed by atoms with E-state index in [9.17, 15) is 19.8 Å². The Morgan fingerprint density at radius 1 is 1.32 bits per heavy atom. The maximum absolute atomic E-state index is 11.9. The quantitative estimate of drug-likeness (QED) is 0.229. The van der Waals surface area contributed by atoms with Crippen molar-refractivity contribution in [1.29, 1.82) is 0 Å². The number of hydrogen-bond donors (Lipinski definition) is 2. The summed E-state index contributed by atoms with van der Waals surface area (Å²) in [6.07, 6.45) is 10.3. The minimum Gasteiger partial charge on any atom is -0.457 e. The molecule has 2 aliphatic carbocycles. The number of unbranched alkanes of at least 4 members (excludes halogenated alkanes) is 1. The Morgan fingerprint density at radius 3 is 2.82 bits per heavy atom. The van der Waals surface area contributed by atoms with Gasteiger partial charge in [-0.1, -0.05) is 30.7 Å². The zero-order valence-electron chi connectivity index (χ0n) is 20.3. The van der Waals surface area contributed by atoms with E-state index in [-0.39, 0.29) is 36.3 Å². The number of aliphatic hydroxyl groups excluding tert-OH is 2. The van der Waals surface area contributed by atoms with Crippen LogP contribution in [-0.4, -0.2) is 28.4 Å². The van der Waals surface area contributed by atoms with E-state index in [2.05, 4.69) is 17.9 Å². The molecule has 0 saturated heterocycles. The molecule has 186 valence electrons. The number of aryl methyl sites for hydroxylation is 1. The topological polar surface area (TPSA) is 110 Å². The van der Waals surface area contributed by atoms with Crippen LogP contribution in [0.25, 0.3) is 0 Å². The summed E-state index contributed by atoms with van der Waals surface area (Å²) in [4.78, 5) is 23.0. The van der Waals surface area contributed by atoms with Gasteiger partial charge in [0.15, 0.2) is 18.1 Å². The largest absolute Gasteiger partial charge is 0.519 e. The second-order valence-corrected chi connectivity index (χ2v) is 9.55. The highest BCUT2D eigenvalue weighted by Crippen LogP contribution is 2.50. The van der Waals surface area contributed by atoms with Crippen LogP contribution in [0.4, 0.5) is 0 Å². The van der Waals surface area contributed by atoms with Gasteiger partial charge in [0.05, 0.1) is 12.2 Å². The predicted octanol–water partition coefficient (Wildman–Crippen LogP) is 4.05. The highest BCUT2D eigenvalue weighted by molar-refractivity contribution is 5.69. The molecule has 1 heterocycles. The molecule has 2 fully saturated rings. The number of allylic oxidation sites excluding steroid dienone is 2. The Balaban J connectivity index is 1.42. The Labute approximate surface area is 200 Å². The molecular weight excluding hydrogens is 436 g/mol. The lowest BCUT2D eigenvalue weighted by Crippen LogP contribution is -2.19. The lowest BCUT2D eigenvalue weighted by Gasteiger charge is -2.19. The van der Waals surface area contributed by atoms with Crippen LogP contribution >= 0.6 is 0 Å². The SMILES string of the molecule is CC#CCC(C)[C@H](O)/C=C/[C@@H]1[C@H]2C/C(=C/CCCC(=O)OCc3oc(=O)oc3C)C[C@H]2C[C@H]1O. The Kier molecular flexibility index (Phi) is 9.37. The number of carbonyl (C=O) groups is 1. The van der Waals surface area contributed by atoms with Gasteiger partial charge in [0.1, 0.15) is 0 Å². The molecule has 0 amide bonds. The summed E-state index contributed by atoms with van der Waals surface area (Å²) >= 11 is 0. The maximum Gasteiger partial charge on any atom is 0.519 e. The van der Waals surface area contributed by atoms with Crippen LogP contribution in [0.15, 0.2) is 37.4 Å². The van der Waals surface area contributed by atoms with Crippen molar-refractivity contribution in [2.75, 3.05) is 0 Å². The molecule has 34 heavy (non-hydrogen) atoms. The van der Waals surface area contributed by atoms with E-state index in [4.69, 9.17) is 13.6 Å². The first-order valence-electron chi connectivity index (χ1n) is 12.2. The van der Waals surface area contributed by atoms with Crippen molar-refractivity contribution in [2.45, 2.75) is 84.5 Å². The number of aliphatic hydroxyl groups is 2. The molecule has 2 saturated carbocycles. The second kappa shape index (κ2) is 12.2. The van der Waals surface area contributed by atoms with Gasteiger partial charge in [-0.05, 0) is 63.7 Å². The third kappa shape index (κ3) is 6.97. The van der Waals surface area contributed by atoms with Gasteiger partial charge in [-0.15, -0.1) is 11.8 Å². The smallest absolute Gasteiger partial charge is 0.457 e. The zero-order chi connectivity index (χ0) is 24.7. The van der Waals surface area contributed by atoms with Crippen molar-refractivity contribution < 1.29 is 28.6 Å². The van der Waals surface area contributed by atoms with E-state index in [1.54, 1.807) is 13.8 Å². The Morgan fingerprint density at radius 2 is 2.12 bits per heavy atom. The van der Waals surface area contributed by atoms with Gasteiger partial charge < -0.3 is 23.8 Å². The molecule has 0 bridgehead atoms. The molecule has 2 aliphatic rings. The average molecular weight is 473 g/mol. The van der Waals surface area contributed by atoms with Crippen LogP contribution in [0.5, 0.6) is 0 Å². The van der Waals surface area contributed by atoms with Crippen LogP contribution < -0.4 is 5.82 Å². The molecule has 7 heteroatoms. The van der Waals surface area contributed by atoms with Crippen molar-refractivity contribution in [1.82, 2.24) is 0 Å². The molecule has 6 atom stereocenters. The van der Waals surface area contributed by atoms with Gasteiger partial charge >= 0.3 is 11.8 Å². The van der Waals surface area contributed by atoms with E-state index < -0.39 is 11.9 Å². The summed E-state index contributed by atoms with van der Waals surface area (Å²) in [6.45, 7) is 5.27. The Bertz CT molecular complexity index is 1000. The summed E-state index contributed by atoms with van der Waals surface area (Å²) in [5.41, 5.74) is 1.39. The first-order chi connectivity index (χ1) is 16.3. The monoisotopic (exact) mass is 472 g/mol. The molecule has 0 radical (unpaired) electrons. The summed E-state index contributed by atoms with van der Waals surface area (Å²) < 4.78 is 14.7. The number of fused-ring (bicyclic) bond motifs is 1. The van der Waals surface area contributed by atoms with Crippen molar-refractivity contribution >= 4 is 5.97 Å². The number of hydrogen-bond acceptors (Lipinski definition) is 7. The Hall–Kier alpha value is -2.56. The summed E-state index contributed by atoms with van der Waals surface area (Å²) in [7, 11) is 0. The highest BCUT2D eigenvalue weighted by Gasteiger charge is 2.45. The molecule has 1 unspecified atom stereocenters. The molecule has 1 aromatic heterocycles. The lowest BCUT2D eigenvalue weighted by molar-refractivity contribution is -0.145. The lowest BCUT2D eigenvalue weighted by atomic mass is 9.89. The fourth-order valence-corrected chi connectivity index (χ4v) is 5.03. The zero-order valence-corrected chi connectivity index (χ0v) is 20.3. The van der Waals surface area contributed by atoms with E-state index in [0.717, 1.165) is 25.7 Å². The van der Waals surface area contributed by atoms with Crippen molar-refractivity contribution in [3.05, 3.63) is 45.9 Å². The van der Waals surface area contributed by atoms with Crippen LogP contribution in [0.1, 0.15) is 70.3 Å². The summed E-state index contributed by atoms with van der Waals surface area (Å²) in [5.74, 6) is 6.28. The molecule has 1 aromatic rings. The first-order valence-corrected chi connectivity index (χ1v) is 12.2. The minimum atomic E-state index is -0.797. The molecule has 0 spiro atoms. The molecule has 2 N–H and O–H groups in total. The van der Waals surface area contributed by atoms with E-state index >= 15 is 0 Å². The van der Waals surface area contributed by atoms with Crippen molar-refractivity contribution in [2.24, 2.45) is 23.7 Å². The normalized spacial score (nSPS) is 26.9. The third-order valence-electron chi connectivity index (χ3n) is 7.04. The van der Waals surface area contributed by atoms with Crippen molar-refractivity contribution in [3.63, 3.8) is 0 Å². The van der Waals surface area contributed by atoms with Crippen LogP contribution in [-0.2, 0) is 16.1 Å². The summed E-state index contributed by atoms with van der Waals surface area (Å²) in [6, 6.07) is 0. The van der Waals surface area contributed by atoms with E-state index in [1.165, 1.54) is 5.57 Å². The van der Waals surface area contributed by atoms with Gasteiger partial charge in [-0.2, -0.15) is 0 Å². The molecule has 7 nitrogen and oxygen atoms in total. The fraction of sp³-hybridized carbons (Fsp3) is 0.630. The molecular formula is C27H36O7. The number of rotatable bonds is 10. The van der Waals surface area contributed by atoms with E-state index in [0.29, 0.717) is 36.9 Å². The average Bonchev–Trinajstić information content (AvgIpc) is 3.43. The number of ether oxygens (including phenoxy) is 1. The fourth-order valence-electron chi connectivity index (χ4n) is 5.03. The highest BCUT2D eigenvalue weighted by atomic mass is 16.6. The van der Waals surface area contributed by atoms with Gasteiger partial charge in [0.25, 0.3) is 0 Å². The van der Waals surface area contributed by atoms with Gasteiger partial charge in [0.2, 0.25) is 0 Å². The maximum atomic E-state index is 11.9. The van der Waals surface area contributed by atoms with Crippen LogP contribution in [0, 0.1) is 42.4 Å². The van der Waals surface area contributed by atoms with Gasteiger partial charge in [0, 0.05) is 18.8 Å². The number of carbonyl (C=O) groups excluding carboxylic acids is 1. The molecule has 0 aliphatic heterocycles. The van der Waals surface area contributed by atoms with Crippen LogP contribution in [0.2, 0.25) is 0 Å². The summed E-state index contributed by atoms with van der Waals surface area (Å²) in [5, 5.41) is 20.9. The number of esters is 1. The van der Waals surface area contributed by atoms with Crippen LogP contribution in [0.3, 0.4) is 0 Å². The van der Waals surface area contributed by atoms with Crippen molar-refractivity contribution in [3.8, 4) is 11.8 Å². The minimum absolute atomic E-state index is 0.0611. The predicted molar refractivity (Wildman–Crippen MR) is 126 cm³/mol. The van der Waals surface area contributed by atoms with E-state index in [1.807, 2.05) is 19.1 Å². The molecule has 0 aromatic carbocycles.